The van der Waals surface area contributed by atoms with Crippen LogP contribution in [0.1, 0.15) is 50.3 Å². The fraction of sp³-hybridized carbons (Fsp3) is 0.355. The number of aryl methyl sites for hydroxylation is 2. The number of hydrogen-bond donors (Lipinski definition) is 1. The fourth-order valence-corrected chi connectivity index (χ4v) is 5.76. The molecule has 2 atom stereocenters. The Morgan fingerprint density at radius 1 is 0.850 bits per heavy atom. The maximum atomic E-state index is 14.1. The molecule has 0 unspecified atom stereocenters. The second-order valence-electron chi connectivity index (χ2n) is 10.1. The molecule has 214 valence electrons. The number of anilines is 1. The van der Waals surface area contributed by atoms with Gasteiger partial charge in [0.2, 0.25) is 11.8 Å². The van der Waals surface area contributed by atoms with Crippen molar-refractivity contribution < 1.29 is 18.0 Å². The molecule has 0 heterocycles. The van der Waals surface area contributed by atoms with Crippen molar-refractivity contribution in [3.8, 4) is 0 Å². The predicted molar refractivity (Wildman–Crippen MR) is 161 cm³/mol. The van der Waals surface area contributed by atoms with Crippen LogP contribution in [0.25, 0.3) is 0 Å². The summed E-state index contributed by atoms with van der Waals surface area (Å²) < 4.78 is 28.8. The second-order valence-corrected chi connectivity index (χ2v) is 12.3. The molecule has 0 saturated heterocycles. The van der Waals surface area contributed by atoms with Crippen molar-refractivity contribution in [1.82, 2.24) is 10.2 Å². The lowest BCUT2D eigenvalue weighted by Gasteiger charge is -2.33. The maximum absolute atomic E-state index is 14.1. The Labute approximate surface area is 243 Å². The minimum Gasteiger partial charge on any atom is -0.352 e. The molecule has 0 spiro atoms. The first-order chi connectivity index (χ1) is 19.0. The Bertz CT molecular complexity index is 1390. The zero-order valence-electron chi connectivity index (χ0n) is 23.7. The number of benzene rings is 3. The van der Waals surface area contributed by atoms with Crippen molar-refractivity contribution in [2.75, 3.05) is 10.8 Å². The van der Waals surface area contributed by atoms with Gasteiger partial charge in [0.05, 0.1) is 10.6 Å². The van der Waals surface area contributed by atoms with Crippen molar-refractivity contribution in [3.63, 3.8) is 0 Å². The quantitative estimate of drug-likeness (QED) is 0.289. The molecular weight excluding hydrogens is 546 g/mol. The molecule has 1 N–H and O–H groups in total. The van der Waals surface area contributed by atoms with Gasteiger partial charge in [-0.1, -0.05) is 73.0 Å². The monoisotopic (exact) mass is 583 g/mol. The number of carbonyl (C=O) groups excluding carboxylic acids is 2. The van der Waals surface area contributed by atoms with Gasteiger partial charge in [0.1, 0.15) is 12.6 Å². The Hall–Kier alpha value is -3.36. The summed E-state index contributed by atoms with van der Waals surface area (Å²) in [5.41, 5.74) is 3.12. The Morgan fingerprint density at radius 2 is 1.40 bits per heavy atom. The van der Waals surface area contributed by atoms with E-state index in [2.05, 4.69) is 5.32 Å². The van der Waals surface area contributed by atoms with Gasteiger partial charge in [-0.2, -0.15) is 0 Å². The highest BCUT2D eigenvalue weighted by Crippen LogP contribution is 2.26. The van der Waals surface area contributed by atoms with Gasteiger partial charge < -0.3 is 10.2 Å². The largest absolute Gasteiger partial charge is 0.352 e. The van der Waals surface area contributed by atoms with Gasteiger partial charge in [-0.05, 0) is 75.6 Å². The van der Waals surface area contributed by atoms with Crippen LogP contribution in [0, 0.1) is 13.8 Å². The number of amides is 2. The summed E-state index contributed by atoms with van der Waals surface area (Å²) in [4.78, 5) is 28.9. The van der Waals surface area contributed by atoms with Gasteiger partial charge in [-0.15, -0.1) is 0 Å². The molecule has 7 nitrogen and oxygen atoms in total. The molecule has 0 aliphatic carbocycles. The van der Waals surface area contributed by atoms with Gasteiger partial charge in [0.15, 0.2) is 0 Å². The highest BCUT2D eigenvalue weighted by molar-refractivity contribution is 7.92. The highest BCUT2D eigenvalue weighted by Gasteiger charge is 2.34. The van der Waals surface area contributed by atoms with E-state index in [1.165, 1.54) is 17.0 Å². The number of hydrogen-bond acceptors (Lipinski definition) is 4. The summed E-state index contributed by atoms with van der Waals surface area (Å²) in [7, 11) is -4.12. The molecule has 9 heteroatoms. The van der Waals surface area contributed by atoms with Crippen LogP contribution in [0.5, 0.6) is 0 Å². The van der Waals surface area contributed by atoms with E-state index in [0.717, 1.165) is 27.4 Å². The molecule has 2 amide bonds. The molecule has 3 aromatic carbocycles. The normalized spacial score (nSPS) is 12.8. The minimum absolute atomic E-state index is 0.0625. The van der Waals surface area contributed by atoms with E-state index >= 15 is 0 Å². The molecule has 3 rings (SSSR count). The molecule has 40 heavy (non-hydrogen) atoms. The molecule has 0 bridgehead atoms. The standard InChI is InChI=1S/C31H38ClN3O4S/c1-6-24(5)33-31(37)29(7-2)34(20-25-12-8-22(3)9-13-25)30(36)21-35(27-16-14-26(32)15-17-27)40(38,39)28-18-10-23(4)11-19-28/h8-19,24,29H,6-7,20-21H2,1-5H3,(H,33,37)/t24-,29+/m1/s1. The molecule has 0 saturated carbocycles. The van der Waals surface area contributed by atoms with Crippen molar-refractivity contribution in [3.05, 3.63) is 94.5 Å². The van der Waals surface area contributed by atoms with Gasteiger partial charge >= 0.3 is 0 Å². The summed E-state index contributed by atoms with van der Waals surface area (Å²) in [5, 5.41) is 3.43. The molecule has 0 aliphatic heterocycles. The van der Waals surface area contributed by atoms with Crippen molar-refractivity contribution >= 4 is 39.1 Å². The van der Waals surface area contributed by atoms with E-state index in [1.54, 1.807) is 36.4 Å². The lowest BCUT2D eigenvalue weighted by molar-refractivity contribution is -0.140. The highest BCUT2D eigenvalue weighted by atomic mass is 35.5. The van der Waals surface area contributed by atoms with Crippen LogP contribution in [0.2, 0.25) is 5.02 Å². The molecule has 0 aromatic heterocycles. The van der Waals surface area contributed by atoms with E-state index in [4.69, 9.17) is 11.6 Å². The van der Waals surface area contributed by atoms with Crippen LogP contribution in [-0.2, 0) is 26.2 Å². The smallest absolute Gasteiger partial charge is 0.264 e. The molecular formula is C31H38ClN3O4S. The van der Waals surface area contributed by atoms with Crippen molar-refractivity contribution in [2.24, 2.45) is 0 Å². The number of nitrogens with one attached hydrogen (secondary N) is 1. The Morgan fingerprint density at radius 3 is 1.93 bits per heavy atom. The van der Waals surface area contributed by atoms with E-state index in [9.17, 15) is 18.0 Å². The summed E-state index contributed by atoms with van der Waals surface area (Å²) in [6.07, 6.45) is 1.11. The van der Waals surface area contributed by atoms with Crippen LogP contribution < -0.4 is 9.62 Å². The van der Waals surface area contributed by atoms with Crippen molar-refractivity contribution in [2.45, 2.75) is 71.0 Å². The van der Waals surface area contributed by atoms with Gasteiger partial charge in [0.25, 0.3) is 10.0 Å². The third kappa shape index (κ3) is 7.86. The third-order valence-electron chi connectivity index (χ3n) is 6.86. The minimum atomic E-state index is -4.12. The molecule has 0 radical (unpaired) electrons. The predicted octanol–water partition coefficient (Wildman–Crippen LogP) is 5.87. The van der Waals surface area contributed by atoms with Crippen LogP contribution >= 0.6 is 11.6 Å². The van der Waals surface area contributed by atoms with Gasteiger partial charge in [-0.3, -0.25) is 13.9 Å². The molecule has 0 aliphatic rings. The molecule has 0 fully saturated rings. The molecule has 3 aromatic rings. The zero-order valence-corrected chi connectivity index (χ0v) is 25.3. The summed E-state index contributed by atoms with van der Waals surface area (Å²) in [6, 6.07) is 19.6. The number of rotatable bonds is 12. The first-order valence-corrected chi connectivity index (χ1v) is 15.3. The van der Waals surface area contributed by atoms with E-state index in [-0.39, 0.29) is 23.4 Å². The Kier molecular flexibility index (Phi) is 10.8. The van der Waals surface area contributed by atoms with Crippen LogP contribution in [0.3, 0.4) is 0 Å². The number of carbonyl (C=O) groups is 2. The fourth-order valence-electron chi connectivity index (χ4n) is 4.22. The average molecular weight is 584 g/mol. The lowest BCUT2D eigenvalue weighted by Crippen LogP contribution is -2.53. The maximum Gasteiger partial charge on any atom is 0.264 e. The second kappa shape index (κ2) is 13.8. The average Bonchev–Trinajstić information content (AvgIpc) is 2.93. The SMILES string of the molecule is CC[C@@H](C)NC(=O)[C@H](CC)N(Cc1ccc(C)cc1)C(=O)CN(c1ccc(Cl)cc1)S(=O)(=O)c1ccc(C)cc1. The third-order valence-corrected chi connectivity index (χ3v) is 8.90. The van der Waals surface area contributed by atoms with E-state index in [1.807, 2.05) is 58.9 Å². The van der Waals surface area contributed by atoms with Crippen LogP contribution in [-0.4, -0.2) is 43.8 Å². The summed E-state index contributed by atoms with van der Waals surface area (Å²) in [6.45, 7) is 9.24. The summed E-state index contributed by atoms with van der Waals surface area (Å²) >= 11 is 6.08. The van der Waals surface area contributed by atoms with Crippen LogP contribution in [0.15, 0.2) is 77.7 Å². The lowest BCUT2D eigenvalue weighted by atomic mass is 10.1. The van der Waals surface area contributed by atoms with E-state index < -0.39 is 28.5 Å². The van der Waals surface area contributed by atoms with Gasteiger partial charge in [0, 0.05) is 17.6 Å². The first kappa shape index (κ1) is 31.2. The number of nitrogens with zero attached hydrogens (tertiary/aromatic N) is 2. The van der Waals surface area contributed by atoms with E-state index in [0.29, 0.717) is 17.1 Å². The topological polar surface area (TPSA) is 86.8 Å². The first-order valence-electron chi connectivity index (χ1n) is 13.5. The number of sulfonamides is 1. The van der Waals surface area contributed by atoms with Crippen LogP contribution in [0.4, 0.5) is 5.69 Å². The Balaban J connectivity index is 2.04. The van der Waals surface area contributed by atoms with Crippen molar-refractivity contribution in [1.29, 1.82) is 0 Å². The van der Waals surface area contributed by atoms with Gasteiger partial charge in [-0.25, -0.2) is 8.42 Å². The summed E-state index contributed by atoms with van der Waals surface area (Å²) in [5.74, 6) is -0.755. The zero-order chi connectivity index (χ0) is 29.4. The number of halogens is 1.